The molecule has 0 saturated carbocycles. The second-order valence-electron chi connectivity index (χ2n) is 6.33. The second kappa shape index (κ2) is 16.6. The topological polar surface area (TPSA) is 0 Å². The minimum Gasteiger partial charge on any atom is -0.0683 e. The number of benzene rings is 3. The van der Waals surface area contributed by atoms with Crippen LogP contribution in [0.2, 0.25) is 0 Å². The van der Waals surface area contributed by atoms with Crippen LogP contribution in [-0.2, 0) is 19.3 Å². The van der Waals surface area contributed by atoms with Gasteiger partial charge in [-0.15, -0.1) is 0 Å². The molecule has 3 aromatic rings. The Balaban J connectivity index is 0.00000120. The molecule has 0 heteroatoms. The van der Waals surface area contributed by atoms with Crippen LogP contribution in [0.3, 0.4) is 0 Å². The van der Waals surface area contributed by atoms with Gasteiger partial charge in [0.1, 0.15) is 0 Å². The first kappa shape index (κ1) is 26.7. The van der Waals surface area contributed by atoms with Crippen molar-refractivity contribution in [2.45, 2.75) is 74.7 Å². The fraction of sp³-hybridized carbons (Fsp3) is 0.379. The van der Waals surface area contributed by atoms with Crippen LogP contribution in [0, 0.1) is 6.92 Å². The van der Waals surface area contributed by atoms with Crippen molar-refractivity contribution in [2.24, 2.45) is 0 Å². The van der Waals surface area contributed by atoms with Gasteiger partial charge in [0.25, 0.3) is 0 Å². The van der Waals surface area contributed by atoms with Gasteiger partial charge in [-0.1, -0.05) is 127 Å². The maximum atomic E-state index is 2.26. The van der Waals surface area contributed by atoms with E-state index in [1.54, 1.807) is 0 Å². The Labute approximate surface area is 181 Å². The minimum atomic E-state index is 1.01. The van der Waals surface area contributed by atoms with E-state index in [-0.39, 0.29) is 0 Å². The molecule has 158 valence electrons. The average molecular weight is 391 g/mol. The SMILES string of the molecule is CC.CC.CC.CCc1ccc(Cc2ccc(Cc3ccc(C)cc3)cc2)cc1. The van der Waals surface area contributed by atoms with Crippen molar-refractivity contribution in [1.82, 2.24) is 0 Å². The molecule has 0 bridgehead atoms. The number of rotatable bonds is 5. The van der Waals surface area contributed by atoms with Gasteiger partial charge in [0.15, 0.2) is 0 Å². The third-order valence-electron chi connectivity index (χ3n) is 4.39. The molecule has 0 amide bonds. The summed E-state index contributed by atoms with van der Waals surface area (Å²) in [4.78, 5) is 0. The first-order chi connectivity index (χ1) is 14.2. The molecule has 0 fully saturated rings. The molecule has 0 atom stereocenters. The first-order valence-corrected chi connectivity index (χ1v) is 11.4. The highest BCUT2D eigenvalue weighted by molar-refractivity contribution is 5.33. The normalized spacial score (nSPS) is 9.10. The summed E-state index contributed by atoms with van der Waals surface area (Å²) >= 11 is 0. The van der Waals surface area contributed by atoms with Crippen LogP contribution >= 0.6 is 0 Å². The Morgan fingerprint density at radius 2 is 0.655 bits per heavy atom. The monoisotopic (exact) mass is 390 g/mol. The summed E-state index contributed by atoms with van der Waals surface area (Å²) in [6, 6.07) is 26.8. The largest absolute Gasteiger partial charge is 0.0683 e. The Morgan fingerprint density at radius 3 is 0.931 bits per heavy atom. The van der Waals surface area contributed by atoms with Crippen LogP contribution < -0.4 is 0 Å². The quantitative estimate of drug-likeness (QED) is 0.408. The summed E-state index contributed by atoms with van der Waals surface area (Å²) in [6.07, 6.45) is 3.12. The summed E-state index contributed by atoms with van der Waals surface area (Å²) in [5.41, 5.74) is 8.23. The predicted molar refractivity (Wildman–Crippen MR) is 133 cm³/mol. The molecule has 0 saturated heterocycles. The molecule has 0 unspecified atom stereocenters. The third kappa shape index (κ3) is 10.1. The first-order valence-electron chi connectivity index (χ1n) is 11.4. The zero-order valence-corrected chi connectivity index (χ0v) is 20.0. The Hall–Kier alpha value is -2.34. The fourth-order valence-corrected chi connectivity index (χ4v) is 2.85. The molecular formula is C29H42. The molecule has 0 spiro atoms. The van der Waals surface area contributed by atoms with Gasteiger partial charge in [-0.3, -0.25) is 0 Å². The van der Waals surface area contributed by atoms with E-state index < -0.39 is 0 Å². The lowest BCUT2D eigenvalue weighted by Gasteiger charge is -2.06. The maximum absolute atomic E-state index is 2.26. The van der Waals surface area contributed by atoms with Crippen LogP contribution in [0.4, 0.5) is 0 Å². The molecule has 0 aromatic heterocycles. The fourth-order valence-electron chi connectivity index (χ4n) is 2.85. The summed E-state index contributed by atoms with van der Waals surface area (Å²) in [6.45, 7) is 16.3. The Bertz CT molecular complexity index is 732. The van der Waals surface area contributed by atoms with E-state index in [9.17, 15) is 0 Å². The van der Waals surface area contributed by atoms with E-state index >= 15 is 0 Å². The van der Waals surface area contributed by atoms with Gasteiger partial charge in [0.2, 0.25) is 0 Å². The summed E-state index contributed by atoms with van der Waals surface area (Å²) < 4.78 is 0. The van der Waals surface area contributed by atoms with Crippen molar-refractivity contribution in [2.75, 3.05) is 0 Å². The molecule has 0 heterocycles. The predicted octanol–water partition coefficient (Wildman–Crippen LogP) is 8.82. The van der Waals surface area contributed by atoms with E-state index in [2.05, 4.69) is 86.6 Å². The smallest absolute Gasteiger partial charge is 0.00258 e. The summed E-state index contributed by atoms with van der Waals surface area (Å²) in [5, 5.41) is 0. The van der Waals surface area contributed by atoms with E-state index in [1.165, 1.54) is 33.4 Å². The lowest BCUT2D eigenvalue weighted by Crippen LogP contribution is -1.92. The zero-order chi connectivity index (χ0) is 22.1. The van der Waals surface area contributed by atoms with E-state index in [4.69, 9.17) is 0 Å². The number of hydrogen-bond donors (Lipinski definition) is 0. The number of hydrogen-bond acceptors (Lipinski definition) is 0. The van der Waals surface area contributed by atoms with Gasteiger partial charge in [-0.2, -0.15) is 0 Å². The van der Waals surface area contributed by atoms with Gasteiger partial charge in [-0.05, 0) is 54.0 Å². The molecule has 29 heavy (non-hydrogen) atoms. The van der Waals surface area contributed by atoms with Gasteiger partial charge in [-0.25, -0.2) is 0 Å². The molecule has 3 aromatic carbocycles. The molecule has 0 aliphatic carbocycles. The molecule has 0 radical (unpaired) electrons. The Morgan fingerprint density at radius 1 is 0.414 bits per heavy atom. The van der Waals surface area contributed by atoms with E-state index in [0.717, 1.165) is 19.3 Å². The molecule has 0 aliphatic heterocycles. The second-order valence-corrected chi connectivity index (χ2v) is 6.33. The molecule has 0 aliphatic rings. The molecule has 0 nitrogen and oxygen atoms in total. The van der Waals surface area contributed by atoms with Crippen molar-refractivity contribution in [3.8, 4) is 0 Å². The standard InChI is InChI=1S/C23H24.3C2H6/c1-3-19-8-10-21(11-9-19)17-23-14-12-22(13-15-23)16-20-6-4-18(2)5-7-20;3*1-2/h4-15H,3,16-17H2,1-2H3;3*1-2H3. The van der Waals surface area contributed by atoms with Crippen LogP contribution in [0.5, 0.6) is 0 Å². The highest BCUT2D eigenvalue weighted by Gasteiger charge is 2.00. The van der Waals surface area contributed by atoms with Crippen LogP contribution in [0.15, 0.2) is 72.8 Å². The molecular weight excluding hydrogens is 348 g/mol. The summed E-state index contributed by atoms with van der Waals surface area (Å²) in [7, 11) is 0. The average Bonchev–Trinajstić information content (AvgIpc) is 2.81. The van der Waals surface area contributed by atoms with Crippen molar-refractivity contribution >= 4 is 0 Å². The van der Waals surface area contributed by atoms with Crippen molar-refractivity contribution in [3.05, 3.63) is 106 Å². The van der Waals surface area contributed by atoms with E-state index in [1.807, 2.05) is 41.5 Å². The van der Waals surface area contributed by atoms with Crippen LogP contribution in [0.1, 0.15) is 81.8 Å². The zero-order valence-electron chi connectivity index (χ0n) is 20.0. The highest BCUT2D eigenvalue weighted by atomic mass is 14.0. The van der Waals surface area contributed by atoms with Crippen molar-refractivity contribution in [3.63, 3.8) is 0 Å². The van der Waals surface area contributed by atoms with Gasteiger partial charge in [0, 0.05) is 0 Å². The van der Waals surface area contributed by atoms with Crippen molar-refractivity contribution < 1.29 is 0 Å². The van der Waals surface area contributed by atoms with Gasteiger partial charge >= 0.3 is 0 Å². The molecule has 3 rings (SSSR count). The molecule has 0 N–H and O–H groups in total. The lowest BCUT2D eigenvalue weighted by molar-refractivity contribution is 1.11. The summed E-state index contributed by atoms with van der Waals surface area (Å²) in [5.74, 6) is 0. The van der Waals surface area contributed by atoms with E-state index in [0.29, 0.717) is 0 Å². The number of aryl methyl sites for hydroxylation is 2. The minimum absolute atomic E-state index is 1.01. The van der Waals surface area contributed by atoms with Gasteiger partial charge in [0.05, 0.1) is 0 Å². The van der Waals surface area contributed by atoms with Crippen LogP contribution in [0.25, 0.3) is 0 Å². The highest BCUT2D eigenvalue weighted by Crippen LogP contribution is 2.15. The third-order valence-corrected chi connectivity index (χ3v) is 4.39. The maximum Gasteiger partial charge on any atom is -0.00258 e. The van der Waals surface area contributed by atoms with Crippen molar-refractivity contribution in [1.29, 1.82) is 0 Å². The van der Waals surface area contributed by atoms with Gasteiger partial charge < -0.3 is 0 Å². The lowest BCUT2D eigenvalue weighted by atomic mass is 9.99. The Kier molecular flexibility index (Phi) is 15.3. The van der Waals surface area contributed by atoms with Crippen LogP contribution in [-0.4, -0.2) is 0 Å².